The van der Waals surface area contributed by atoms with Crippen LogP contribution in [0.2, 0.25) is 0 Å². The van der Waals surface area contributed by atoms with Crippen molar-refractivity contribution in [2.45, 2.75) is 13.8 Å². The van der Waals surface area contributed by atoms with Gasteiger partial charge in [-0.2, -0.15) is 0 Å². The van der Waals surface area contributed by atoms with Crippen molar-refractivity contribution in [1.29, 1.82) is 0 Å². The molecule has 2 aromatic rings. The largest absolute Gasteiger partial charge is 0.478 e. The third-order valence-corrected chi connectivity index (χ3v) is 2.94. The molecule has 0 atom stereocenters. The second-order valence-corrected chi connectivity index (χ2v) is 4.35. The molecule has 0 aliphatic rings. The van der Waals surface area contributed by atoms with Gasteiger partial charge in [0, 0.05) is 17.9 Å². The Labute approximate surface area is 116 Å². The average molecular weight is 274 g/mol. The van der Waals surface area contributed by atoms with Crippen LogP contribution in [-0.2, 0) is 0 Å². The van der Waals surface area contributed by atoms with Gasteiger partial charge in [0.2, 0.25) is 0 Å². The minimum Gasteiger partial charge on any atom is -0.478 e. The molecule has 1 aromatic carbocycles. The fourth-order valence-corrected chi connectivity index (χ4v) is 2.01. The van der Waals surface area contributed by atoms with E-state index in [1.54, 1.807) is 30.0 Å². The number of benzene rings is 1. The van der Waals surface area contributed by atoms with Crippen LogP contribution in [0.4, 0.5) is 15.9 Å². The molecule has 0 fully saturated rings. The van der Waals surface area contributed by atoms with Gasteiger partial charge in [0.25, 0.3) is 0 Å². The van der Waals surface area contributed by atoms with Crippen LogP contribution in [0, 0.1) is 12.7 Å². The lowest BCUT2D eigenvalue weighted by Crippen LogP contribution is -2.21. The molecule has 0 amide bonds. The molecule has 0 aliphatic heterocycles. The van der Waals surface area contributed by atoms with Crippen molar-refractivity contribution in [2.75, 3.05) is 11.4 Å². The van der Waals surface area contributed by atoms with E-state index in [-0.39, 0.29) is 11.4 Å². The summed E-state index contributed by atoms with van der Waals surface area (Å²) < 4.78 is 13.4. The van der Waals surface area contributed by atoms with E-state index in [2.05, 4.69) is 4.98 Å². The van der Waals surface area contributed by atoms with Crippen LogP contribution in [0.25, 0.3) is 0 Å². The third kappa shape index (κ3) is 2.77. The van der Waals surface area contributed by atoms with E-state index < -0.39 is 5.97 Å². The summed E-state index contributed by atoms with van der Waals surface area (Å²) in [4.78, 5) is 17.3. The molecule has 0 bridgehead atoms. The second-order valence-electron chi connectivity index (χ2n) is 4.35. The van der Waals surface area contributed by atoms with Gasteiger partial charge >= 0.3 is 5.97 Å². The molecule has 0 saturated carbocycles. The summed E-state index contributed by atoms with van der Waals surface area (Å²) in [6.45, 7) is 4.13. The van der Waals surface area contributed by atoms with Crippen LogP contribution < -0.4 is 4.90 Å². The van der Waals surface area contributed by atoms with E-state index in [9.17, 15) is 14.3 Å². The minimum atomic E-state index is -1.05. The summed E-state index contributed by atoms with van der Waals surface area (Å²) in [5.41, 5.74) is 1.38. The van der Waals surface area contributed by atoms with Crippen LogP contribution in [0.5, 0.6) is 0 Å². The first-order valence-corrected chi connectivity index (χ1v) is 6.27. The summed E-state index contributed by atoms with van der Waals surface area (Å²) in [5, 5.41) is 9.26. The summed E-state index contributed by atoms with van der Waals surface area (Å²) in [5.74, 6) is -1.10. The lowest BCUT2D eigenvalue weighted by molar-refractivity contribution is 0.0697. The number of nitrogens with zero attached hydrogens (tertiary/aromatic N) is 2. The van der Waals surface area contributed by atoms with Crippen LogP contribution in [0.3, 0.4) is 0 Å². The van der Waals surface area contributed by atoms with Gasteiger partial charge in [0.05, 0.1) is 0 Å². The predicted octanol–water partition coefficient (Wildman–Crippen LogP) is 3.39. The fourth-order valence-electron chi connectivity index (χ4n) is 2.01. The summed E-state index contributed by atoms with van der Waals surface area (Å²) in [6, 6.07) is 9.18. The number of hydrogen-bond donors (Lipinski definition) is 1. The Morgan fingerprint density at radius 3 is 2.70 bits per heavy atom. The van der Waals surface area contributed by atoms with Gasteiger partial charge in [-0.1, -0.05) is 6.07 Å². The quantitative estimate of drug-likeness (QED) is 0.928. The van der Waals surface area contributed by atoms with Gasteiger partial charge in [-0.25, -0.2) is 14.2 Å². The van der Waals surface area contributed by atoms with Crippen LogP contribution in [-0.4, -0.2) is 22.6 Å². The summed E-state index contributed by atoms with van der Waals surface area (Å²) in [6.07, 6.45) is 0. The van der Waals surface area contributed by atoms with E-state index in [0.29, 0.717) is 23.7 Å². The number of carboxylic acid groups (broad SMARTS) is 1. The molecule has 0 radical (unpaired) electrons. The number of pyridine rings is 1. The molecule has 5 heteroatoms. The molecule has 1 aromatic heterocycles. The first-order chi connectivity index (χ1) is 9.52. The highest BCUT2D eigenvalue weighted by Gasteiger charge is 2.18. The zero-order valence-electron chi connectivity index (χ0n) is 11.3. The van der Waals surface area contributed by atoms with E-state index >= 15 is 0 Å². The molecule has 104 valence electrons. The summed E-state index contributed by atoms with van der Waals surface area (Å²) >= 11 is 0. The molecule has 0 saturated heterocycles. The topological polar surface area (TPSA) is 53.4 Å². The minimum absolute atomic E-state index is 0.0988. The Hall–Kier alpha value is -2.43. The van der Waals surface area contributed by atoms with E-state index in [4.69, 9.17) is 0 Å². The Morgan fingerprint density at radius 1 is 1.35 bits per heavy atom. The highest BCUT2D eigenvalue weighted by Crippen LogP contribution is 2.27. The van der Waals surface area contributed by atoms with Gasteiger partial charge in [-0.15, -0.1) is 0 Å². The van der Waals surface area contributed by atoms with Crippen LogP contribution in [0.15, 0.2) is 36.4 Å². The van der Waals surface area contributed by atoms with Crippen LogP contribution in [0.1, 0.15) is 23.0 Å². The molecular weight excluding hydrogens is 259 g/mol. The maximum Gasteiger partial charge on any atom is 0.339 e. The normalized spacial score (nSPS) is 10.3. The molecule has 0 spiro atoms. The van der Waals surface area contributed by atoms with Crippen molar-refractivity contribution >= 4 is 17.5 Å². The SMILES string of the molecule is CCN(c1cccc(F)c1)c1nc(C)ccc1C(=O)O. The Kier molecular flexibility index (Phi) is 3.98. The Morgan fingerprint density at radius 2 is 2.10 bits per heavy atom. The number of aromatic nitrogens is 1. The van der Waals surface area contributed by atoms with Crippen molar-refractivity contribution in [3.05, 3.63) is 53.5 Å². The van der Waals surface area contributed by atoms with E-state index in [1.165, 1.54) is 18.2 Å². The highest BCUT2D eigenvalue weighted by molar-refractivity contribution is 5.94. The van der Waals surface area contributed by atoms with Crippen molar-refractivity contribution in [3.63, 3.8) is 0 Å². The molecule has 1 N–H and O–H groups in total. The number of halogens is 1. The first kappa shape index (κ1) is 14.0. The van der Waals surface area contributed by atoms with Gasteiger partial charge in [0.15, 0.2) is 0 Å². The smallest absolute Gasteiger partial charge is 0.339 e. The van der Waals surface area contributed by atoms with Crippen molar-refractivity contribution < 1.29 is 14.3 Å². The maximum absolute atomic E-state index is 13.4. The molecule has 4 nitrogen and oxygen atoms in total. The number of aryl methyl sites for hydroxylation is 1. The average Bonchev–Trinajstić information content (AvgIpc) is 2.39. The van der Waals surface area contributed by atoms with Crippen molar-refractivity contribution in [3.8, 4) is 0 Å². The number of anilines is 2. The molecule has 1 heterocycles. The molecule has 0 aliphatic carbocycles. The molecule has 2 rings (SSSR count). The standard InChI is InChI=1S/C15H15FN2O2/c1-3-18(12-6-4-5-11(16)9-12)14-13(15(19)20)8-7-10(2)17-14/h4-9H,3H2,1-2H3,(H,19,20). The van der Waals surface area contributed by atoms with Gasteiger partial charge in [-0.05, 0) is 44.2 Å². The lowest BCUT2D eigenvalue weighted by Gasteiger charge is -2.24. The number of hydrogen-bond acceptors (Lipinski definition) is 3. The van der Waals surface area contributed by atoms with Crippen molar-refractivity contribution in [1.82, 2.24) is 4.98 Å². The fraction of sp³-hybridized carbons (Fsp3) is 0.200. The van der Waals surface area contributed by atoms with E-state index in [1.807, 2.05) is 6.92 Å². The molecule has 0 unspecified atom stereocenters. The van der Waals surface area contributed by atoms with Gasteiger partial charge < -0.3 is 10.0 Å². The van der Waals surface area contributed by atoms with Crippen LogP contribution >= 0.6 is 0 Å². The van der Waals surface area contributed by atoms with E-state index in [0.717, 1.165) is 0 Å². The lowest BCUT2D eigenvalue weighted by atomic mass is 10.2. The monoisotopic (exact) mass is 274 g/mol. The molecular formula is C15H15FN2O2. The second kappa shape index (κ2) is 5.69. The number of rotatable bonds is 4. The number of aromatic carboxylic acids is 1. The van der Waals surface area contributed by atoms with Gasteiger partial charge in [-0.3, -0.25) is 0 Å². The predicted molar refractivity (Wildman–Crippen MR) is 75.0 cm³/mol. The summed E-state index contributed by atoms with van der Waals surface area (Å²) in [7, 11) is 0. The van der Waals surface area contributed by atoms with Gasteiger partial charge in [0.1, 0.15) is 17.2 Å². The van der Waals surface area contributed by atoms with Crippen molar-refractivity contribution in [2.24, 2.45) is 0 Å². The number of carbonyl (C=O) groups is 1. The zero-order valence-corrected chi connectivity index (χ0v) is 11.3. The highest BCUT2D eigenvalue weighted by atomic mass is 19.1. The Bertz CT molecular complexity index is 644. The zero-order chi connectivity index (χ0) is 14.7. The third-order valence-electron chi connectivity index (χ3n) is 2.94. The maximum atomic E-state index is 13.4. The first-order valence-electron chi connectivity index (χ1n) is 6.27. The molecule has 20 heavy (non-hydrogen) atoms. The number of carboxylic acids is 1. The Balaban J connectivity index is 2.57.